The number of carbonyl (C=O) groups is 1. The van der Waals surface area contributed by atoms with Gasteiger partial charge in [-0.3, -0.25) is 4.79 Å². The molecule has 1 aromatic rings. The van der Waals surface area contributed by atoms with E-state index in [1.165, 1.54) is 13.0 Å². The largest absolute Gasteiger partial charge is 0.417 e. The van der Waals surface area contributed by atoms with Crippen LogP contribution in [0.15, 0.2) is 18.2 Å². The van der Waals surface area contributed by atoms with Crippen LogP contribution in [-0.4, -0.2) is 17.1 Å². The van der Waals surface area contributed by atoms with Gasteiger partial charge in [-0.2, -0.15) is 13.2 Å². The molecule has 0 fully saturated rings. The fourth-order valence-electron chi connectivity index (χ4n) is 1.07. The van der Waals surface area contributed by atoms with Gasteiger partial charge in [-0.15, -0.1) is 0 Å². The topological polar surface area (TPSA) is 49.3 Å². The fourth-order valence-corrected chi connectivity index (χ4v) is 1.29. The minimum absolute atomic E-state index is 0.0763. The summed E-state index contributed by atoms with van der Waals surface area (Å²) >= 11 is 5.40. The smallest absolute Gasteiger partial charge is 0.384 e. The number of amides is 1. The van der Waals surface area contributed by atoms with E-state index in [2.05, 4.69) is 5.32 Å². The predicted molar refractivity (Wildman–Crippen MR) is 56.8 cm³/mol. The van der Waals surface area contributed by atoms with Gasteiger partial charge >= 0.3 is 6.18 Å². The van der Waals surface area contributed by atoms with Crippen molar-refractivity contribution in [1.29, 1.82) is 0 Å². The summed E-state index contributed by atoms with van der Waals surface area (Å²) in [5.74, 6) is -0.791. The Kier molecular flexibility index (Phi) is 4.00. The molecule has 0 radical (unpaired) electrons. The van der Waals surface area contributed by atoms with Crippen LogP contribution >= 0.6 is 11.6 Å². The summed E-state index contributed by atoms with van der Waals surface area (Å²) in [7, 11) is 0. The van der Waals surface area contributed by atoms with Gasteiger partial charge in [0.05, 0.1) is 10.6 Å². The zero-order valence-electron chi connectivity index (χ0n) is 8.68. The van der Waals surface area contributed by atoms with Crippen molar-refractivity contribution in [1.82, 2.24) is 0 Å². The predicted octanol–water partition coefficient (Wildman–Crippen LogP) is 2.68. The zero-order chi connectivity index (χ0) is 13.2. The molecule has 0 saturated carbocycles. The van der Waals surface area contributed by atoms with Crippen LogP contribution in [0.2, 0.25) is 5.02 Å². The van der Waals surface area contributed by atoms with Gasteiger partial charge in [0.15, 0.2) is 0 Å². The zero-order valence-corrected chi connectivity index (χ0v) is 9.43. The Balaban J connectivity index is 3.01. The highest BCUT2D eigenvalue weighted by molar-refractivity contribution is 6.31. The van der Waals surface area contributed by atoms with Gasteiger partial charge in [0, 0.05) is 5.69 Å². The molecular formula is C10H9ClF3NO2. The van der Waals surface area contributed by atoms with E-state index in [0.717, 1.165) is 6.07 Å². The first kappa shape index (κ1) is 13.8. The summed E-state index contributed by atoms with van der Waals surface area (Å²) < 4.78 is 37.4. The SMILES string of the molecule is CC(O)C(=O)Nc1ccc(Cl)c(C(F)(F)F)c1. The van der Waals surface area contributed by atoms with Crippen LogP contribution in [0.4, 0.5) is 18.9 Å². The van der Waals surface area contributed by atoms with Crippen molar-refractivity contribution in [3.05, 3.63) is 28.8 Å². The Morgan fingerprint density at radius 3 is 2.53 bits per heavy atom. The number of alkyl halides is 3. The maximum Gasteiger partial charge on any atom is 0.417 e. The Morgan fingerprint density at radius 2 is 2.06 bits per heavy atom. The summed E-state index contributed by atoms with van der Waals surface area (Å²) in [6, 6.07) is 2.96. The summed E-state index contributed by atoms with van der Waals surface area (Å²) in [4.78, 5) is 11.1. The number of aliphatic hydroxyl groups is 1. The molecule has 0 aromatic heterocycles. The van der Waals surface area contributed by atoms with Crippen molar-refractivity contribution < 1.29 is 23.1 Å². The highest BCUT2D eigenvalue weighted by Gasteiger charge is 2.33. The van der Waals surface area contributed by atoms with Crippen LogP contribution in [0.1, 0.15) is 12.5 Å². The van der Waals surface area contributed by atoms with E-state index in [-0.39, 0.29) is 5.69 Å². The number of aliphatic hydroxyl groups excluding tert-OH is 1. The molecule has 1 amide bonds. The minimum Gasteiger partial charge on any atom is -0.384 e. The minimum atomic E-state index is -4.59. The maximum atomic E-state index is 12.5. The second-order valence-electron chi connectivity index (χ2n) is 3.36. The third kappa shape index (κ3) is 3.61. The van der Waals surface area contributed by atoms with Gasteiger partial charge in [-0.05, 0) is 25.1 Å². The Labute approximate surface area is 100 Å². The van der Waals surface area contributed by atoms with E-state index in [1.807, 2.05) is 0 Å². The van der Waals surface area contributed by atoms with Crippen molar-refractivity contribution in [3.63, 3.8) is 0 Å². The van der Waals surface area contributed by atoms with Crippen LogP contribution in [0.25, 0.3) is 0 Å². The normalized spacial score (nSPS) is 13.3. The Bertz CT molecular complexity index is 432. The van der Waals surface area contributed by atoms with Crippen molar-refractivity contribution in [2.75, 3.05) is 5.32 Å². The fraction of sp³-hybridized carbons (Fsp3) is 0.300. The second kappa shape index (κ2) is 4.93. The van der Waals surface area contributed by atoms with E-state index in [0.29, 0.717) is 6.07 Å². The molecule has 1 aromatic carbocycles. The van der Waals surface area contributed by atoms with Gasteiger partial charge in [0.25, 0.3) is 5.91 Å². The van der Waals surface area contributed by atoms with E-state index >= 15 is 0 Å². The van der Waals surface area contributed by atoms with Crippen molar-refractivity contribution in [2.24, 2.45) is 0 Å². The molecule has 0 aliphatic carbocycles. The van der Waals surface area contributed by atoms with Gasteiger partial charge in [-0.1, -0.05) is 11.6 Å². The summed E-state index contributed by atoms with van der Waals surface area (Å²) in [5.41, 5.74) is -1.12. The molecule has 7 heteroatoms. The van der Waals surface area contributed by atoms with E-state index in [1.54, 1.807) is 0 Å². The Morgan fingerprint density at radius 1 is 1.47 bits per heavy atom. The molecule has 0 bridgehead atoms. The van der Waals surface area contributed by atoms with Gasteiger partial charge < -0.3 is 10.4 Å². The third-order valence-electron chi connectivity index (χ3n) is 1.92. The van der Waals surface area contributed by atoms with Crippen LogP contribution in [0.5, 0.6) is 0 Å². The van der Waals surface area contributed by atoms with Gasteiger partial charge in [-0.25, -0.2) is 0 Å². The van der Waals surface area contributed by atoms with Crippen molar-refractivity contribution >= 4 is 23.2 Å². The number of carbonyl (C=O) groups excluding carboxylic acids is 1. The summed E-state index contributed by atoms with van der Waals surface area (Å²) in [6.45, 7) is 1.20. The first-order chi connectivity index (χ1) is 7.71. The molecule has 3 nitrogen and oxygen atoms in total. The number of hydrogen-bond donors (Lipinski definition) is 2. The molecule has 0 saturated heterocycles. The highest BCUT2D eigenvalue weighted by atomic mass is 35.5. The molecule has 1 rings (SSSR count). The van der Waals surface area contributed by atoms with Crippen molar-refractivity contribution in [2.45, 2.75) is 19.2 Å². The first-order valence-corrected chi connectivity index (χ1v) is 4.95. The van der Waals surface area contributed by atoms with Gasteiger partial charge in [0.1, 0.15) is 6.10 Å². The lowest BCUT2D eigenvalue weighted by atomic mass is 10.2. The molecule has 2 N–H and O–H groups in total. The number of nitrogens with one attached hydrogen (secondary N) is 1. The van der Waals surface area contributed by atoms with E-state index < -0.39 is 28.8 Å². The second-order valence-corrected chi connectivity index (χ2v) is 3.76. The molecule has 0 aliphatic rings. The number of halogens is 4. The van der Waals surface area contributed by atoms with Crippen molar-refractivity contribution in [3.8, 4) is 0 Å². The highest BCUT2D eigenvalue weighted by Crippen LogP contribution is 2.36. The number of hydrogen-bond acceptors (Lipinski definition) is 2. The van der Waals surface area contributed by atoms with E-state index in [4.69, 9.17) is 16.7 Å². The van der Waals surface area contributed by atoms with Crippen LogP contribution in [0.3, 0.4) is 0 Å². The maximum absolute atomic E-state index is 12.5. The molecule has 1 atom stereocenters. The summed E-state index contributed by atoms with van der Waals surface area (Å²) in [6.07, 6.45) is -5.90. The molecular weight excluding hydrogens is 259 g/mol. The molecule has 0 spiro atoms. The lowest BCUT2D eigenvalue weighted by molar-refractivity contribution is -0.137. The number of anilines is 1. The van der Waals surface area contributed by atoms with Crippen LogP contribution < -0.4 is 5.32 Å². The van der Waals surface area contributed by atoms with Gasteiger partial charge in [0.2, 0.25) is 0 Å². The molecule has 1 unspecified atom stereocenters. The monoisotopic (exact) mass is 267 g/mol. The first-order valence-electron chi connectivity index (χ1n) is 4.57. The lowest BCUT2D eigenvalue weighted by Crippen LogP contribution is -2.24. The summed E-state index contributed by atoms with van der Waals surface area (Å²) in [5, 5.41) is 10.6. The lowest BCUT2D eigenvalue weighted by Gasteiger charge is -2.12. The molecule has 17 heavy (non-hydrogen) atoms. The average molecular weight is 268 g/mol. The molecule has 0 heterocycles. The molecule has 94 valence electrons. The quantitative estimate of drug-likeness (QED) is 0.865. The number of rotatable bonds is 2. The molecule has 0 aliphatic heterocycles. The standard InChI is InChI=1S/C10H9ClF3NO2/c1-5(16)9(17)15-6-2-3-8(11)7(4-6)10(12,13)14/h2-5,16H,1H3,(H,15,17). The number of benzene rings is 1. The average Bonchev–Trinajstić information content (AvgIpc) is 2.19. The van der Waals surface area contributed by atoms with E-state index in [9.17, 15) is 18.0 Å². The third-order valence-corrected chi connectivity index (χ3v) is 2.25. The van der Waals surface area contributed by atoms with Crippen LogP contribution in [0, 0.1) is 0 Å². The Hall–Kier alpha value is -1.27. The van der Waals surface area contributed by atoms with Crippen LogP contribution in [-0.2, 0) is 11.0 Å².